The lowest BCUT2D eigenvalue weighted by Crippen LogP contribution is -2.46. The van der Waals surface area contributed by atoms with Crippen molar-refractivity contribution in [3.8, 4) is 0 Å². The van der Waals surface area contributed by atoms with Gasteiger partial charge in [-0.2, -0.15) is 0 Å². The number of esters is 1. The minimum Gasteiger partial charge on any atom is -0.462 e. The highest BCUT2D eigenvalue weighted by atomic mass is 16.5. The van der Waals surface area contributed by atoms with Crippen LogP contribution < -0.4 is 5.32 Å². The van der Waals surface area contributed by atoms with Crippen LogP contribution in [0.25, 0.3) is 0 Å². The molecule has 0 aromatic rings. The van der Waals surface area contributed by atoms with Crippen LogP contribution in [0.3, 0.4) is 0 Å². The number of amides is 1. The zero-order valence-corrected chi connectivity index (χ0v) is 38.0. The highest BCUT2D eigenvalue weighted by Crippen LogP contribution is 2.16. The van der Waals surface area contributed by atoms with E-state index in [0.717, 1.165) is 51.4 Å². The number of hydrogen-bond donors (Lipinski definition) is 3. The smallest absolute Gasteiger partial charge is 0.306 e. The Kier molecular flexibility index (Phi) is 43.6. The molecule has 0 heterocycles. The third kappa shape index (κ3) is 40.6. The topological polar surface area (TPSA) is 95.9 Å². The Bertz CT molecular complexity index is 946. The third-order valence-corrected chi connectivity index (χ3v) is 11.2. The molecule has 57 heavy (non-hydrogen) atoms. The minimum absolute atomic E-state index is 0.0364. The van der Waals surface area contributed by atoms with Gasteiger partial charge in [-0.1, -0.05) is 211 Å². The van der Waals surface area contributed by atoms with E-state index < -0.39 is 18.2 Å². The molecule has 334 valence electrons. The van der Waals surface area contributed by atoms with Gasteiger partial charge in [0.2, 0.25) is 5.91 Å². The predicted molar refractivity (Wildman–Crippen MR) is 246 cm³/mol. The van der Waals surface area contributed by atoms with E-state index in [1.54, 1.807) is 0 Å². The van der Waals surface area contributed by atoms with E-state index >= 15 is 0 Å². The Hall–Kier alpha value is -1.92. The maximum absolute atomic E-state index is 13.1. The quantitative estimate of drug-likeness (QED) is 0.0324. The average Bonchev–Trinajstić information content (AvgIpc) is 3.20. The van der Waals surface area contributed by atoms with Gasteiger partial charge in [0.25, 0.3) is 0 Å². The Morgan fingerprint density at radius 3 is 1.39 bits per heavy atom. The number of rotatable bonds is 44. The highest BCUT2D eigenvalue weighted by molar-refractivity contribution is 5.77. The summed E-state index contributed by atoms with van der Waals surface area (Å²) in [6.07, 6.45) is 52.1. The number of aliphatic hydroxyl groups is 2. The van der Waals surface area contributed by atoms with Crippen molar-refractivity contribution in [2.45, 2.75) is 270 Å². The SMILES string of the molecule is CCCCCCCC/C=C\C/C=C/CCC(=O)OC(CCC/C=C\CCCCCCCCC)CC(=O)NC(CO)C(O)CCCCCCCCCCCCCCC. The molecular weight excluding hydrogens is 707 g/mol. The Morgan fingerprint density at radius 1 is 0.509 bits per heavy atom. The summed E-state index contributed by atoms with van der Waals surface area (Å²) in [5.74, 6) is -0.579. The molecule has 3 N–H and O–H groups in total. The summed E-state index contributed by atoms with van der Waals surface area (Å²) < 4.78 is 5.86. The van der Waals surface area contributed by atoms with Crippen molar-refractivity contribution < 1.29 is 24.5 Å². The van der Waals surface area contributed by atoms with Gasteiger partial charge in [0.1, 0.15) is 6.10 Å². The maximum atomic E-state index is 13.1. The fourth-order valence-corrected chi connectivity index (χ4v) is 7.42. The minimum atomic E-state index is -0.800. The van der Waals surface area contributed by atoms with E-state index in [4.69, 9.17) is 4.74 Å². The first-order chi connectivity index (χ1) is 28.0. The molecule has 0 aliphatic heterocycles. The maximum Gasteiger partial charge on any atom is 0.306 e. The van der Waals surface area contributed by atoms with Crippen LogP contribution in [-0.4, -0.2) is 46.9 Å². The van der Waals surface area contributed by atoms with Crippen molar-refractivity contribution in [1.29, 1.82) is 0 Å². The second-order valence-electron chi connectivity index (χ2n) is 16.9. The number of allylic oxidation sites excluding steroid dienone is 6. The van der Waals surface area contributed by atoms with E-state index in [1.165, 1.54) is 148 Å². The van der Waals surface area contributed by atoms with Gasteiger partial charge in [-0.05, 0) is 64.2 Å². The Labute approximate surface area is 353 Å². The van der Waals surface area contributed by atoms with E-state index in [2.05, 4.69) is 56.5 Å². The zero-order chi connectivity index (χ0) is 41.7. The Morgan fingerprint density at radius 2 is 0.912 bits per heavy atom. The molecule has 0 radical (unpaired) electrons. The molecule has 0 saturated heterocycles. The van der Waals surface area contributed by atoms with Crippen molar-refractivity contribution >= 4 is 11.9 Å². The molecule has 6 nitrogen and oxygen atoms in total. The summed E-state index contributed by atoms with van der Waals surface area (Å²) in [6.45, 7) is 6.45. The number of carbonyl (C=O) groups excluding carboxylic acids is 2. The summed E-state index contributed by atoms with van der Waals surface area (Å²) in [5.41, 5.74) is 0. The average molecular weight is 802 g/mol. The Balaban J connectivity index is 4.65. The van der Waals surface area contributed by atoms with Crippen LogP contribution in [0.1, 0.15) is 252 Å². The number of hydrogen-bond acceptors (Lipinski definition) is 5. The number of nitrogens with one attached hydrogen (secondary N) is 1. The van der Waals surface area contributed by atoms with E-state index in [0.29, 0.717) is 19.3 Å². The fourth-order valence-electron chi connectivity index (χ4n) is 7.42. The number of carbonyl (C=O) groups is 2. The first-order valence-corrected chi connectivity index (χ1v) is 24.7. The van der Waals surface area contributed by atoms with Crippen molar-refractivity contribution in [3.63, 3.8) is 0 Å². The van der Waals surface area contributed by atoms with Crippen molar-refractivity contribution in [3.05, 3.63) is 36.5 Å². The predicted octanol–water partition coefficient (Wildman–Crippen LogP) is 14.5. The molecule has 0 saturated carbocycles. The summed E-state index contributed by atoms with van der Waals surface area (Å²) in [7, 11) is 0. The largest absolute Gasteiger partial charge is 0.462 e. The third-order valence-electron chi connectivity index (χ3n) is 11.2. The van der Waals surface area contributed by atoms with Crippen LogP contribution in [0.4, 0.5) is 0 Å². The van der Waals surface area contributed by atoms with Gasteiger partial charge in [0.05, 0.1) is 25.2 Å². The van der Waals surface area contributed by atoms with Crippen LogP contribution in [0, 0.1) is 0 Å². The monoisotopic (exact) mass is 802 g/mol. The second-order valence-corrected chi connectivity index (χ2v) is 16.9. The highest BCUT2D eigenvalue weighted by Gasteiger charge is 2.23. The first-order valence-electron chi connectivity index (χ1n) is 24.7. The van der Waals surface area contributed by atoms with Gasteiger partial charge in [0, 0.05) is 6.42 Å². The van der Waals surface area contributed by atoms with Crippen molar-refractivity contribution in [1.82, 2.24) is 5.32 Å². The van der Waals surface area contributed by atoms with Crippen LogP contribution in [-0.2, 0) is 14.3 Å². The molecule has 0 spiro atoms. The molecule has 0 aliphatic rings. The molecule has 1 amide bonds. The lowest BCUT2D eigenvalue weighted by Gasteiger charge is -2.24. The number of unbranched alkanes of at least 4 members (excludes halogenated alkanes) is 26. The standard InChI is InChI=1S/C51H95NO5/c1-4-7-10-13-16-19-22-25-28-31-34-37-40-43-49(54)48(46-53)52-50(55)45-47(42-39-36-33-30-27-24-21-18-15-12-9-6-3)57-51(56)44-41-38-35-32-29-26-23-20-17-14-11-8-5-2/h26,29-30,33,35,38,47-49,53-54H,4-25,27-28,31-32,34,36-37,39-46H2,1-3H3,(H,52,55)/b29-26-,33-30-,38-35+. The van der Waals surface area contributed by atoms with Crippen molar-refractivity contribution in [2.24, 2.45) is 0 Å². The molecule has 6 heteroatoms. The van der Waals surface area contributed by atoms with E-state index in [-0.39, 0.29) is 31.3 Å². The molecular formula is C51H95NO5. The second kappa shape index (κ2) is 45.2. The van der Waals surface area contributed by atoms with Crippen LogP contribution >= 0.6 is 0 Å². The van der Waals surface area contributed by atoms with Gasteiger partial charge in [-0.15, -0.1) is 0 Å². The van der Waals surface area contributed by atoms with Crippen LogP contribution in [0.5, 0.6) is 0 Å². The molecule has 3 atom stereocenters. The van der Waals surface area contributed by atoms with E-state index in [1.807, 2.05) is 6.08 Å². The van der Waals surface area contributed by atoms with Gasteiger partial charge >= 0.3 is 5.97 Å². The summed E-state index contributed by atoms with van der Waals surface area (Å²) >= 11 is 0. The molecule has 0 aromatic heterocycles. The summed E-state index contributed by atoms with van der Waals surface area (Å²) in [4.78, 5) is 26.0. The lowest BCUT2D eigenvalue weighted by atomic mass is 10.0. The van der Waals surface area contributed by atoms with Gasteiger partial charge < -0.3 is 20.3 Å². The first kappa shape index (κ1) is 55.1. The molecule has 0 bridgehead atoms. The molecule has 0 rings (SSSR count). The van der Waals surface area contributed by atoms with Gasteiger partial charge in [-0.25, -0.2) is 0 Å². The zero-order valence-electron chi connectivity index (χ0n) is 38.0. The molecule has 0 aromatic carbocycles. The fraction of sp³-hybridized carbons (Fsp3) is 0.843. The summed E-state index contributed by atoms with van der Waals surface area (Å²) in [6, 6.07) is -0.717. The van der Waals surface area contributed by atoms with Gasteiger partial charge in [-0.3, -0.25) is 9.59 Å². The molecule has 0 aliphatic carbocycles. The molecule has 0 fully saturated rings. The summed E-state index contributed by atoms with van der Waals surface area (Å²) in [5, 5.41) is 23.7. The van der Waals surface area contributed by atoms with Crippen LogP contribution in [0.15, 0.2) is 36.5 Å². The number of ether oxygens (including phenoxy) is 1. The molecule has 3 unspecified atom stereocenters. The van der Waals surface area contributed by atoms with Gasteiger partial charge in [0.15, 0.2) is 0 Å². The van der Waals surface area contributed by atoms with Crippen molar-refractivity contribution in [2.75, 3.05) is 6.61 Å². The number of aliphatic hydroxyl groups excluding tert-OH is 2. The normalized spacial score (nSPS) is 13.6. The van der Waals surface area contributed by atoms with Crippen LogP contribution in [0.2, 0.25) is 0 Å². The van der Waals surface area contributed by atoms with E-state index in [9.17, 15) is 19.8 Å². The lowest BCUT2D eigenvalue weighted by molar-refractivity contribution is -0.150.